The van der Waals surface area contributed by atoms with Crippen LogP contribution in [0.4, 0.5) is 17.5 Å². The van der Waals surface area contributed by atoms with Gasteiger partial charge in [-0.15, -0.1) is 0 Å². The summed E-state index contributed by atoms with van der Waals surface area (Å²) >= 11 is 0. The van der Waals surface area contributed by atoms with Crippen molar-refractivity contribution in [3.05, 3.63) is 60.2 Å². The Morgan fingerprint density at radius 1 is 1.00 bits per heavy atom. The molecule has 0 saturated carbocycles. The van der Waals surface area contributed by atoms with E-state index in [0.29, 0.717) is 43.4 Å². The third-order valence-electron chi connectivity index (χ3n) is 4.91. The maximum atomic E-state index is 12.9. The molecule has 1 N–H and O–H groups in total. The van der Waals surface area contributed by atoms with Crippen LogP contribution in [-0.2, 0) is 0 Å². The van der Waals surface area contributed by atoms with Crippen LogP contribution in [0.25, 0.3) is 0 Å². The Labute approximate surface area is 174 Å². The van der Waals surface area contributed by atoms with Crippen LogP contribution in [0.15, 0.2) is 49.1 Å². The highest BCUT2D eigenvalue weighted by molar-refractivity contribution is 5.96. The van der Waals surface area contributed by atoms with Gasteiger partial charge in [0.05, 0.1) is 7.11 Å². The fraction of sp³-hybridized carbons (Fsp3) is 0.286. The zero-order valence-electron chi connectivity index (χ0n) is 16.9. The molecule has 9 heteroatoms. The molecule has 0 bridgehead atoms. The number of hydrogen-bond donors (Lipinski definition) is 1. The van der Waals surface area contributed by atoms with E-state index in [1.165, 1.54) is 13.4 Å². The summed E-state index contributed by atoms with van der Waals surface area (Å²) < 4.78 is 5.22. The summed E-state index contributed by atoms with van der Waals surface area (Å²) in [5, 5.41) is 3.21. The number of rotatable bonds is 5. The van der Waals surface area contributed by atoms with Gasteiger partial charge in [0.25, 0.3) is 5.91 Å². The molecule has 1 amide bonds. The molecule has 4 heterocycles. The van der Waals surface area contributed by atoms with Crippen molar-refractivity contribution in [1.82, 2.24) is 24.8 Å². The Balaban J connectivity index is 1.41. The number of amides is 1. The van der Waals surface area contributed by atoms with Crippen molar-refractivity contribution in [2.24, 2.45) is 0 Å². The van der Waals surface area contributed by atoms with Crippen molar-refractivity contribution in [2.75, 3.05) is 43.5 Å². The SMILES string of the molecule is COc1ncccc1C(=O)N1CCN(c2cc(Nc3cc(C)ccn3)ncn2)CC1. The van der Waals surface area contributed by atoms with Gasteiger partial charge in [0.1, 0.15) is 29.3 Å². The summed E-state index contributed by atoms with van der Waals surface area (Å²) in [6.07, 6.45) is 4.90. The predicted octanol–water partition coefficient (Wildman–Crippen LogP) is 2.29. The molecule has 1 fully saturated rings. The third-order valence-corrected chi connectivity index (χ3v) is 4.91. The van der Waals surface area contributed by atoms with E-state index in [1.54, 1.807) is 24.5 Å². The highest BCUT2D eigenvalue weighted by Gasteiger charge is 2.25. The second-order valence-corrected chi connectivity index (χ2v) is 6.94. The number of carbonyl (C=O) groups is 1. The number of ether oxygens (including phenoxy) is 1. The monoisotopic (exact) mass is 405 g/mol. The number of pyridine rings is 2. The van der Waals surface area contributed by atoms with E-state index >= 15 is 0 Å². The first-order chi connectivity index (χ1) is 14.6. The van der Waals surface area contributed by atoms with Crippen molar-refractivity contribution < 1.29 is 9.53 Å². The summed E-state index contributed by atoms with van der Waals surface area (Å²) in [6.45, 7) is 4.53. The summed E-state index contributed by atoms with van der Waals surface area (Å²) in [5.41, 5.74) is 1.60. The van der Waals surface area contributed by atoms with Crippen LogP contribution < -0.4 is 15.0 Å². The van der Waals surface area contributed by atoms with Gasteiger partial charge in [-0.3, -0.25) is 4.79 Å². The molecule has 1 saturated heterocycles. The molecule has 30 heavy (non-hydrogen) atoms. The molecule has 0 aromatic carbocycles. The van der Waals surface area contributed by atoms with Crippen molar-refractivity contribution in [1.29, 1.82) is 0 Å². The summed E-state index contributed by atoms with van der Waals surface area (Å²) in [6, 6.07) is 9.27. The number of anilines is 3. The van der Waals surface area contributed by atoms with Gasteiger partial charge in [-0.05, 0) is 36.8 Å². The fourth-order valence-corrected chi connectivity index (χ4v) is 3.35. The number of piperazine rings is 1. The number of methoxy groups -OCH3 is 1. The number of aryl methyl sites for hydroxylation is 1. The van der Waals surface area contributed by atoms with E-state index < -0.39 is 0 Å². The Morgan fingerprint density at radius 3 is 2.57 bits per heavy atom. The number of carbonyl (C=O) groups excluding carboxylic acids is 1. The Kier molecular flexibility index (Phi) is 5.69. The lowest BCUT2D eigenvalue weighted by molar-refractivity contribution is 0.0742. The Hall–Kier alpha value is -3.75. The van der Waals surface area contributed by atoms with E-state index in [-0.39, 0.29) is 5.91 Å². The van der Waals surface area contributed by atoms with Crippen LogP contribution in [0, 0.1) is 6.92 Å². The normalized spacial score (nSPS) is 13.8. The molecule has 0 unspecified atom stereocenters. The molecule has 3 aromatic rings. The fourth-order valence-electron chi connectivity index (χ4n) is 3.35. The van der Waals surface area contributed by atoms with Gasteiger partial charge in [-0.25, -0.2) is 19.9 Å². The maximum absolute atomic E-state index is 12.9. The molecule has 9 nitrogen and oxygen atoms in total. The maximum Gasteiger partial charge on any atom is 0.259 e. The minimum atomic E-state index is -0.0739. The highest BCUT2D eigenvalue weighted by Crippen LogP contribution is 2.21. The number of nitrogens with one attached hydrogen (secondary N) is 1. The first-order valence-corrected chi connectivity index (χ1v) is 9.69. The molecule has 0 aliphatic carbocycles. The van der Waals surface area contributed by atoms with Gasteiger partial charge >= 0.3 is 0 Å². The first kappa shape index (κ1) is 19.6. The average molecular weight is 405 g/mol. The molecule has 0 radical (unpaired) electrons. The van der Waals surface area contributed by atoms with Crippen molar-refractivity contribution >= 4 is 23.4 Å². The lowest BCUT2D eigenvalue weighted by atomic mass is 10.2. The Bertz CT molecular complexity index is 1040. The minimum Gasteiger partial charge on any atom is -0.480 e. The van der Waals surface area contributed by atoms with Crippen LogP contribution in [0.2, 0.25) is 0 Å². The number of nitrogens with zero attached hydrogens (tertiary/aromatic N) is 6. The van der Waals surface area contributed by atoms with Crippen LogP contribution in [0.5, 0.6) is 5.88 Å². The van der Waals surface area contributed by atoms with E-state index in [0.717, 1.165) is 17.2 Å². The standard InChI is InChI=1S/C21H23N7O2/c1-15-5-7-22-17(12-15)26-18-13-19(25-14-24-18)27-8-10-28(11-9-27)21(29)16-4-3-6-23-20(16)30-2/h3-7,12-14H,8-11H2,1-2H3,(H,22,24,25,26). The predicted molar refractivity (Wildman–Crippen MR) is 113 cm³/mol. The third kappa shape index (κ3) is 4.29. The molecule has 0 spiro atoms. The molecule has 0 atom stereocenters. The van der Waals surface area contributed by atoms with Gasteiger partial charge < -0.3 is 19.9 Å². The smallest absolute Gasteiger partial charge is 0.259 e. The van der Waals surface area contributed by atoms with Gasteiger partial charge in [-0.2, -0.15) is 0 Å². The molecular weight excluding hydrogens is 382 g/mol. The summed E-state index contributed by atoms with van der Waals surface area (Å²) in [4.78, 5) is 33.9. The second kappa shape index (κ2) is 8.73. The summed E-state index contributed by atoms with van der Waals surface area (Å²) in [7, 11) is 1.52. The molecule has 154 valence electrons. The van der Waals surface area contributed by atoms with Crippen LogP contribution >= 0.6 is 0 Å². The van der Waals surface area contributed by atoms with Gasteiger partial charge in [0, 0.05) is 44.6 Å². The molecule has 1 aliphatic rings. The zero-order valence-corrected chi connectivity index (χ0v) is 16.9. The topological polar surface area (TPSA) is 96.4 Å². The highest BCUT2D eigenvalue weighted by atomic mass is 16.5. The lowest BCUT2D eigenvalue weighted by Crippen LogP contribution is -2.49. The number of hydrogen-bond acceptors (Lipinski definition) is 8. The molecular formula is C21H23N7O2. The van der Waals surface area contributed by atoms with E-state index in [9.17, 15) is 4.79 Å². The lowest BCUT2D eigenvalue weighted by Gasteiger charge is -2.35. The zero-order chi connectivity index (χ0) is 20.9. The van der Waals surface area contributed by atoms with E-state index in [1.807, 2.05) is 30.0 Å². The van der Waals surface area contributed by atoms with Crippen LogP contribution in [0.3, 0.4) is 0 Å². The van der Waals surface area contributed by atoms with Gasteiger partial charge in [0.15, 0.2) is 0 Å². The van der Waals surface area contributed by atoms with E-state index in [2.05, 4.69) is 30.2 Å². The van der Waals surface area contributed by atoms with Crippen molar-refractivity contribution in [3.8, 4) is 5.88 Å². The quantitative estimate of drug-likeness (QED) is 0.691. The average Bonchev–Trinajstić information content (AvgIpc) is 2.79. The van der Waals surface area contributed by atoms with Crippen LogP contribution in [-0.4, -0.2) is 64.0 Å². The number of aromatic nitrogens is 4. The van der Waals surface area contributed by atoms with Crippen LogP contribution in [0.1, 0.15) is 15.9 Å². The molecule has 1 aliphatic heterocycles. The molecule has 4 rings (SSSR count). The minimum absolute atomic E-state index is 0.0739. The molecule has 3 aromatic heterocycles. The van der Waals surface area contributed by atoms with Gasteiger partial charge in [0.2, 0.25) is 5.88 Å². The largest absolute Gasteiger partial charge is 0.480 e. The summed E-state index contributed by atoms with van der Waals surface area (Å²) in [5.74, 6) is 2.50. The van der Waals surface area contributed by atoms with Crippen molar-refractivity contribution in [3.63, 3.8) is 0 Å². The van der Waals surface area contributed by atoms with Crippen molar-refractivity contribution in [2.45, 2.75) is 6.92 Å². The van der Waals surface area contributed by atoms with Gasteiger partial charge in [-0.1, -0.05) is 0 Å². The second-order valence-electron chi connectivity index (χ2n) is 6.94. The first-order valence-electron chi connectivity index (χ1n) is 9.69. The van der Waals surface area contributed by atoms with E-state index in [4.69, 9.17) is 4.74 Å². The Morgan fingerprint density at radius 2 is 1.80 bits per heavy atom.